The van der Waals surface area contributed by atoms with Crippen LogP contribution in [0.15, 0.2) is 15.9 Å². The second kappa shape index (κ2) is 5.39. The van der Waals surface area contributed by atoms with Gasteiger partial charge in [0.05, 0.1) is 16.0 Å². The number of hydrogen-bond acceptors (Lipinski definition) is 3. The lowest BCUT2D eigenvalue weighted by molar-refractivity contribution is 0.0479. The first kappa shape index (κ1) is 13.5. The summed E-state index contributed by atoms with van der Waals surface area (Å²) in [5.41, 5.74) is 0. The van der Waals surface area contributed by atoms with E-state index in [1.807, 2.05) is 18.4 Å². The van der Waals surface area contributed by atoms with Gasteiger partial charge in [0.1, 0.15) is 0 Å². The Labute approximate surface area is 116 Å². The molecule has 0 radical (unpaired) electrons. The van der Waals surface area contributed by atoms with Gasteiger partial charge in [-0.3, -0.25) is 0 Å². The molecule has 17 heavy (non-hydrogen) atoms. The molecule has 1 saturated heterocycles. The first-order chi connectivity index (χ1) is 8.04. The van der Waals surface area contributed by atoms with Crippen molar-refractivity contribution >= 4 is 27.3 Å². The van der Waals surface area contributed by atoms with Gasteiger partial charge in [-0.15, -0.1) is 11.3 Å². The standard InChI is InChI=1S/C13H20BrNOS/c1-7-8(2)16-9(3)12(7)13(15-4)10-5-6-11(14)17-10/h5-9,12-13,15H,1-4H3. The molecule has 2 rings (SSSR count). The minimum absolute atomic E-state index is 0.318. The fraction of sp³-hybridized carbons (Fsp3) is 0.692. The van der Waals surface area contributed by atoms with Crippen LogP contribution in [0.25, 0.3) is 0 Å². The van der Waals surface area contributed by atoms with Crippen molar-refractivity contribution in [3.63, 3.8) is 0 Å². The molecular weight excluding hydrogens is 298 g/mol. The lowest BCUT2D eigenvalue weighted by Crippen LogP contribution is -2.32. The number of ether oxygens (including phenoxy) is 1. The molecule has 4 heteroatoms. The molecular formula is C13H20BrNOS. The molecule has 1 aliphatic heterocycles. The molecule has 5 atom stereocenters. The summed E-state index contributed by atoms with van der Waals surface area (Å²) < 4.78 is 7.14. The van der Waals surface area contributed by atoms with Gasteiger partial charge >= 0.3 is 0 Å². The van der Waals surface area contributed by atoms with Crippen LogP contribution in [0.5, 0.6) is 0 Å². The van der Waals surface area contributed by atoms with Crippen LogP contribution < -0.4 is 5.32 Å². The minimum Gasteiger partial charge on any atom is -0.375 e. The molecule has 0 amide bonds. The highest BCUT2D eigenvalue weighted by Gasteiger charge is 2.42. The Morgan fingerprint density at radius 2 is 2.00 bits per heavy atom. The smallest absolute Gasteiger partial charge is 0.0701 e. The lowest BCUT2D eigenvalue weighted by atomic mass is 9.83. The molecule has 1 aromatic heterocycles. The Hall–Kier alpha value is 0.1000. The van der Waals surface area contributed by atoms with Gasteiger partial charge in [-0.25, -0.2) is 0 Å². The Morgan fingerprint density at radius 3 is 2.41 bits per heavy atom. The highest BCUT2D eigenvalue weighted by Crippen LogP contribution is 2.42. The van der Waals surface area contributed by atoms with E-state index >= 15 is 0 Å². The van der Waals surface area contributed by atoms with Crippen LogP contribution >= 0.6 is 27.3 Å². The van der Waals surface area contributed by atoms with Crippen molar-refractivity contribution in [2.75, 3.05) is 7.05 Å². The number of rotatable bonds is 3. The van der Waals surface area contributed by atoms with Crippen molar-refractivity contribution < 1.29 is 4.74 Å². The average molecular weight is 318 g/mol. The van der Waals surface area contributed by atoms with E-state index in [4.69, 9.17) is 4.74 Å². The molecule has 5 unspecified atom stereocenters. The third-order valence-electron chi connectivity index (χ3n) is 3.92. The maximum Gasteiger partial charge on any atom is 0.0701 e. The van der Waals surface area contributed by atoms with Crippen molar-refractivity contribution in [3.8, 4) is 0 Å². The van der Waals surface area contributed by atoms with Gasteiger partial charge in [-0.2, -0.15) is 0 Å². The normalized spacial score (nSPS) is 35.1. The van der Waals surface area contributed by atoms with E-state index in [9.17, 15) is 0 Å². The highest BCUT2D eigenvalue weighted by molar-refractivity contribution is 9.11. The summed E-state index contributed by atoms with van der Waals surface area (Å²) in [4.78, 5) is 1.39. The van der Waals surface area contributed by atoms with Gasteiger partial charge in [0.15, 0.2) is 0 Å². The molecule has 1 aliphatic rings. The van der Waals surface area contributed by atoms with Gasteiger partial charge in [0, 0.05) is 16.8 Å². The zero-order valence-corrected chi connectivity index (χ0v) is 13.1. The minimum atomic E-state index is 0.318. The molecule has 1 fully saturated rings. The SMILES string of the molecule is CNC(c1ccc(Br)s1)C1C(C)OC(C)C1C. The molecule has 1 N–H and O–H groups in total. The molecule has 2 heterocycles. The van der Waals surface area contributed by atoms with Gasteiger partial charge in [0.25, 0.3) is 0 Å². The van der Waals surface area contributed by atoms with E-state index in [-0.39, 0.29) is 0 Å². The lowest BCUT2D eigenvalue weighted by Gasteiger charge is -2.27. The zero-order chi connectivity index (χ0) is 12.6. The fourth-order valence-electron chi connectivity index (χ4n) is 2.89. The summed E-state index contributed by atoms with van der Waals surface area (Å²) in [6.45, 7) is 6.67. The van der Waals surface area contributed by atoms with E-state index in [1.165, 1.54) is 8.66 Å². The van der Waals surface area contributed by atoms with E-state index in [0.29, 0.717) is 30.1 Å². The summed E-state index contributed by atoms with van der Waals surface area (Å²) in [5, 5.41) is 3.46. The quantitative estimate of drug-likeness (QED) is 0.914. The third kappa shape index (κ3) is 2.60. The molecule has 0 aliphatic carbocycles. The fourth-order valence-corrected chi connectivity index (χ4v) is 4.48. The van der Waals surface area contributed by atoms with Crippen LogP contribution in [0.2, 0.25) is 0 Å². The Kier molecular flexibility index (Phi) is 4.29. The van der Waals surface area contributed by atoms with Crippen molar-refractivity contribution in [1.82, 2.24) is 5.32 Å². The second-order valence-corrected chi connectivity index (χ2v) is 7.39. The molecule has 0 aromatic carbocycles. The topological polar surface area (TPSA) is 21.3 Å². The summed E-state index contributed by atoms with van der Waals surface area (Å²) >= 11 is 5.35. The van der Waals surface area contributed by atoms with Crippen molar-refractivity contribution in [1.29, 1.82) is 0 Å². The molecule has 96 valence electrons. The van der Waals surface area contributed by atoms with Crippen LogP contribution in [-0.4, -0.2) is 19.3 Å². The predicted octanol–water partition coefficient (Wildman–Crippen LogP) is 3.83. The maximum atomic E-state index is 5.95. The van der Waals surface area contributed by atoms with E-state index in [0.717, 1.165) is 0 Å². The van der Waals surface area contributed by atoms with Crippen LogP contribution in [-0.2, 0) is 4.74 Å². The third-order valence-corrected chi connectivity index (χ3v) is 5.62. The molecule has 2 nitrogen and oxygen atoms in total. The number of thiophene rings is 1. The maximum absolute atomic E-state index is 5.95. The summed E-state index contributed by atoms with van der Waals surface area (Å²) in [6.07, 6.45) is 0.674. The van der Waals surface area contributed by atoms with Crippen molar-refractivity contribution in [2.45, 2.75) is 39.0 Å². The van der Waals surface area contributed by atoms with Crippen LogP contribution in [0, 0.1) is 11.8 Å². The Balaban J connectivity index is 2.24. The first-order valence-electron chi connectivity index (χ1n) is 6.12. The van der Waals surface area contributed by atoms with Crippen LogP contribution in [0.4, 0.5) is 0 Å². The van der Waals surface area contributed by atoms with E-state index in [1.54, 1.807) is 0 Å². The summed E-state index contributed by atoms with van der Waals surface area (Å²) in [6, 6.07) is 4.72. The van der Waals surface area contributed by atoms with E-state index in [2.05, 4.69) is 54.2 Å². The van der Waals surface area contributed by atoms with Gasteiger partial charge in [-0.05, 0) is 54.9 Å². The summed E-state index contributed by atoms with van der Waals surface area (Å²) in [5.74, 6) is 1.13. The van der Waals surface area contributed by atoms with Gasteiger partial charge < -0.3 is 10.1 Å². The second-order valence-electron chi connectivity index (χ2n) is 4.89. The van der Waals surface area contributed by atoms with Crippen molar-refractivity contribution in [3.05, 3.63) is 20.8 Å². The highest BCUT2D eigenvalue weighted by atomic mass is 79.9. The van der Waals surface area contributed by atoms with Gasteiger partial charge in [-0.1, -0.05) is 6.92 Å². The molecule has 1 aromatic rings. The monoisotopic (exact) mass is 317 g/mol. The summed E-state index contributed by atoms with van der Waals surface area (Å²) in [7, 11) is 2.04. The zero-order valence-electron chi connectivity index (χ0n) is 10.7. The molecule has 0 saturated carbocycles. The van der Waals surface area contributed by atoms with Crippen LogP contribution in [0.1, 0.15) is 31.7 Å². The van der Waals surface area contributed by atoms with Gasteiger partial charge in [0.2, 0.25) is 0 Å². The van der Waals surface area contributed by atoms with E-state index < -0.39 is 0 Å². The number of nitrogens with one attached hydrogen (secondary N) is 1. The number of halogens is 1. The van der Waals surface area contributed by atoms with Crippen LogP contribution in [0.3, 0.4) is 0 Å². The Bertz CT molecular complexity index is 381. The largest absolute Gasteiger partial charge is 0.375 e. The molecule has 0 bridgehead atoms. The Morgan fingerprint density at radius 1 is 1.29 bits per heavy atom. The van der Waals surface area contributed by atoms with Crippen molar-refractivity contribution in [2.24, 2.45) is 11.8 Å². The number of hydrogen-bond donors (Lipinski definition) is 1. The first-order valence-corrected chi connectivity index (χ1v) is 7.73. The predicted molar refractivity (Wildman–Crippen MR) is 76.5 cm³/mol. The molecule has 0 spiro atoms. The average Bonchev–Trinajstić information content (AvgIpc) is 2.79.